The van der Waals surface area contributed by atoms with Gasteiger partial charge in [0.2, 0.25) is 0 Å². The molecule has 2 aromatic carbocycles. The Balaban J connectivity index is 1.80. The molecule has 0 saturated carbocycles. The van der Waals surface area contributed by atoms with E-state index in [0.717, 1.165) is 18.2 Å². The van der Waals surface area contributed by atoms with Crippen LogP contribution in [-0.4, -0.2) is 15.0 Å². The molecule has 2 aromatic rings. The average Bonchev–Trinajstić information content (AvgIpc) is 2.80. The maximum absolute atomic E-state index is 13.1. The predicted octanol–water partition coefficient (Wildman–Crippen LogP) is 3.99. The highest BCUT2D eigenvalue weighted by atomic mass is 32.3. The molecule has 3 N–H and O–H groups in total. The molecule has 3 rings (SSSR count). The molecule has 4 nitrogen and oxygen atoms in total. The zero-order valence-corrected chi connectivity index (χ0v) is 12.6. The maximum atomic E-state index is 13.1. The van der Waals surface area contributed by atoms with Gasteiger partial charge < -0.3 is 5.32 Å². The lowest BCUT2D eigenvalue weighted by molar-refractivity contribution is 0.0950. The summed E-state index contributed by atoms with van der Waals surface area (Å²) in [5.74, 6) is -1.90. The lowest BCUT2D eigenvalue weighted by Gasteiger charge is -2.25. The van der Waals surface area contributed by atoms with E-state index in [0.29, 0.717) is 16.0 Å². The topological polar surface area (TPSA) is 69.6 Å². The van der Waals surface area contributed by atoms with E-state index < -0.39 is 28.1 Å². The monoisotopic (exact) mass is 337 g/mol. The molecular formula is C16H13F2NO3S. The van der Waals surface area contributed by atoms with Crippen molar-refractivity contribution in [2.24, 2.45) is 0 Å². The minimum atomic E-state index is -3.00. The van der Waals surface area contributed by atoms with Crippen molar-refractivity contribution in [1.29, 1.82) is 0 Å². The summed E-state index contributed by atoms with van der Waals surface area (Å²) in [7, 11) is -3.00. The third-order valence-electron chi connectivity index (χ3n) is 3.43. The van der Waals surface area contributed by atoms with Crippen LogP contribution in [0.2, 0.25) is 0 Å². The van der Waals surface area contributed by atoms with E-state index in [1.54, 1.807) is 18.2 Å². The lowest BCUT2D eigenvalue weighted by atomic mass is 10.1. The van der Waals surface area contributed by atoms with Gasteiger partial charge in [0.15, 0.2) is 0 Å². The van der Waals surface area contributed by atoms with E-state index in [1.165, 1.54) is 11.5 Å². The predicted molar refractivity (Wildman–Crippen MR) is 84.1 cm³/mol. The molecule has 0 aliphatic carbocycles. The molecule has 1 aliphatic heterocycles. The van der Waals surface area contributed by atoms with Gasteiger partial charge in [-0.1, -0.05) is 6.07 Å². The fourth-order valence-electron chi connectivity index (χ4n) is 2.40. The molecule has 0 aromatic heterocycles. The summed E-state index contributed by atoms with van der Waals surface area (Å²) in [5.41, 5.74) is 1.01. The fourth-order valence-corrected chi connectivity index (χ4v) is 3.66. The summed E-state index contributed by atoms with van der Waals surface area (Å²) < 4.78 is 46.0. The van der Waals surface area contributed by atoms with Crippen LogP contribution in [0.1, 0.15) is 21.5 Å². The number of halogens is 2. The van der Waals surface area contributed by atoms with E-state index in [1.807, 2.05) is 0 Å². The SMILES string of the molecule is O=C(NCc1cc(F)cc(F)c1)c1cccc2c1C=CS2(O)O. The normalized spacial score (nSPS) is 16.0. The summed E-state index contributed by atoms with van der Waals surface area (Å²) >= 11 is 0. The van der Waals surface area contributed by atoms with E-state index in [9.17, 15) is 22.7 Å². The van der Waals surface area contributed by atoms with Gasteiger partial charge in [0.05, 0.1) is 4.90 Å². The first-order chi connectivity index (χ1) is 10.9. The van der Waals surface area contributed by atoms with Crippen LogP contribution in [0, 0.1) is 11.6 Å². The first-order valence-corrected chi connectivity index (χ1v) is 8.30. The van der Waals surface area contributed by atoms with Gasteiger partial charge in [-0.05, 0) is 35.9 Å². The van der Waals surface area contributed by atoms with E-state index in [4.69, 9.17) is 0 Å². The van der Waals surface area contributed by atoms with Crippen molar-refractivity contribution in [3.8, 4) is 0 Å². The van der Waals surface area contributed by atoms with Gasteiger partial charge in [-0.25, -0.2) is 8.78 Å². The molecular weight excluding hydrogens is 324 g/mol. The lowest BCUT2D eigenvalue weighted by Crippen LogP contribution is -2.23. The van der Waals surface area contributed by atoms with Crippen molar-refractivity contribution in [1.82, 2.24) is 5.32 Å². The molecule has 23 heavy (non-hydrogen) atoms. The second-order valence-corrected chi connectivity index (χ2v) is 6.97. The number of nitrogens with one attached hydrogen (secondary N) is 1. The fraction of sp³-hybridized carbons (Fsp3) is 0.0625. The molecule has 0 atom stereocenters. The Kier molecular flexibility index (Phi) is 3.93. The zero-order chi connectivity index (χ0) is 16.6. The molecule has 1 aliphatic rings. The van der Waals surface area contributed by atoms with Crippen LogP contribution in [-0.2, 0) is 6.54 Å². The van der Waals surface area contributed by atoms with Crippen LogP contribution < -0.4 is 5.32 Å². The van der Waals surface area contributed by atoms with Gasteiger partial charge in [0, 0.05) is 29.1 Å². The summed E-state index contributed by atoms with van der Waals surface area (Å²) in [4.78, 5) is 12.6. The maximum Gasteiger partial charge on any atom is 0.252 e. The van der Waals surface area contributed by atoms with Crippen molar-refractivity contribution < 1.29 is 22.7 Å². The Hall–Kier alpha value is -2.22. The Labute approximate surface area is 132 Å². The average molecular weight is 337 g/mol. The number of carbonyl (C=O) groups is 1. The second kappa shape index (κ2) is 5.77. The van der Waals surface area contributed by atoms with Crippen LogP contribution in [0.15, 0.2) is 46.7 Å². The number of hydrogen-bond donors (Lipinski definition) is 3. The molecule has 7 heteroatoms. The molecule has 1 amide bonds. The van der Waals surface area contributed by atoms with Crippen LogP contribution >= 0.6 is 10.6 Å². The van der Waals surface area contributed by atoms with Crippen molar-refractivity contribution in [2.75, 3.05) is 0 Å². The molecule has 0 radical (unpaired) electrons. The largest absolute Gasteiger partial charge is 0.348 e. The van der Waals surface area contributed by atoms with Gasteiger partial charge in [-0.3, -0.25) is 13.9 Å². The second-order valence-electron chi connectivity index (χ2n) is 5.07. The minimum absolute atomic E-state index is 0.0445. The van der Waals surface area contributed by atoms with E-state index in [2.05, 4.69) is 5.32 Å². The Morgan fingerprint density at radius 2 is 1.83 bits per heavy atom. The summed E-state index contributed by atoms with van der Waals surface area (Å²) in [5, 5.41) is 3.83. The molecule has 0 bridgehead atoms. The molecule has 120 valence electrons. The summed E-state index contributed by atoms with van der Waals surface area (Å²) in [6.07, 6.45) is 1.49. The van der Waals surface area contributed by atoms with Gasteiger partial charge in [0.25, 0.3) is 5.91 Å². The highest BCUT2D eigenvalue weighted by Gasteiger charge is 2.25. The first-order valence-electron chi connectivity index (χ1n) is 6.69. The number of benzene rings is 2. The van der Waals surface area contributed by atoms with Gasteiger partial charge >= 0.3 is 0 Å². The highest BCUT2D eigenvalue weighted by molar-refractivity contribution is 8.27. The van der Waals surface area contributed by atoms with Gasteiger partial charge in [-0.15, -0.1) is 10.6 Å². The third-order valence-corrected chi connectivity index (χ3v) is 4.95. The Morgan fingerprint density at radius 1 is 1.13 bits per heavy atom. The molecule has 0 unspecified atom stereocenters. The third kappa shape index (κ3) is 3.12. The van der Waals surface area contributed by atoms with Crippen molar-refractivity contribution in [3.05, 3.63) is 70.1 Å². The van der Waals surface area contributed by atoms with Crippen LogP contribution in [0.25, 0.3) is 6.08 Å². The Bertz CT molecular complexity index is 801. The number of rotatable bonds is 3. The molecule has 0 spiro atoms. The number of hydrogen-bond acceptors (Lipinski definition) is 3. The smallest absolute Gasteiger partial charge is 0.252 e. The molecule has 0 saturated heterocycles. The van der Waals surface area contributed by atoms with Crippen LogP contribution in [0.3, 0.4) is 0 Å². The van der Waals surface area contributed by atoms with Crippen LogP contribution in [0.5, 0.6) is 0 Å². The summed E-state index contributed by atoms with van der Waals surface area (Å²) in [6.45, 7) is -0.0445. The van der Waals surface area contributed by atoms with Crippen molar-refractivity contribution >= 4 is 22.6 Å². The standard InChI is InChI=1S/C16H13F2NO3S/c17-11-6-10(7-12(18)8-11)9-19-16(20)14-2-1-3-15-13(14)4-5-23(15,21)22/h1-8,21-22H,9H2,(H,19,20). The minimum Gasteiger partial charge on any atom is -0.348 e. The quantitative estimate of drug-likeness (QED) is 0.793. The number of fused-ring (bicyclic) bond motifs is 1. The molecule has 0 fully saturated rings. The van der Waals surface area contributed by atoms with Crippen molar-refractivity contribution in [2.45, 2.75) is 11.4 Å². The van der Waals surface area contributed by atoms with E-state index in [-0.39, 0.29) is 12.1 Å². The van der Waals surface area contributed by atoms with Crippen LogP contribution in [0.4, 0.5) is 8.78 Å². The first kappa shape index (κ1) is 15.7. The number of carbonyl (C=O) groups excluding carboxylic acids is 1. The Morgan fingerprint density at radius 3 is 2.52 bits per heavy atom. The van der Waals surface area contributed by atoms with Crippen molar-refractivity contribution in [3.63, 3.8) is 0 Å². The van der Waals surface area contributed by atoms with Gasteiger partial charge in [0.1, 0.15) is 11.6 Å². The molecule has 1 heterocycles. The highest BCUT2D eigenvalue weighted by Crippen LogP contribution is 2.56. The van der Waals surface area contributed by atoms with E-state index >= 15 is 0 Å². The summed E-state index contributed by atoms with van der Waals surface area (Å²) in [6, 6.07) is 7.67. The number of amides is 1. The zero-order valence-electron chi connectivity index (χ0n) is 11.8. The van der Waals surface area contributed by atoms with Gasteiger partial charge in [-0.2, -0.15) is 0 Å².